The Morgan fingerprint density at radius 1 is 1.43 bits per heavy atom. The van der Waals surface area contributed by atoms with E-state index in [1.54, 1.807) is 31.4 Å². The minimum absolute atomic E-state index is 0.195. The predicted octanol–water partition coefficient (Wildman–Crippen LogP) is 2.36. The number of ether oxygens (including phenoxy) is 1. The molecule has 0 fully saturated rings. The molecule has 0 saturated heterocycles. The van der Waals surface area contributed by atoms with Crippen molar-refractivity contribution in [3.63, 3.8) is 0 Å². The van der Waals surface area contributed by atoms with Crippen LogP contribution in [0.1, 0.15) is 5.56 Å². The molecule has 0 amide bonds. The van der Waals surface area contributed by atoms with E-state index in [1.165, 1.54) is 0 Å². The van der Waals surface area contributed by atoms with Crippen molar-refractivity contribution in [2.75, 3.05) is 7.11 Å². The van der Waals surface area contributed by atoms with Crippen LogP contribution in [0.2, 0.25) is 0 Å². The van der Waals surface area contributed by atoms with E-state index in [1.807, 2.05) is 0 Å². The van der Waals surface area contributed by atoms with Gasteiger partial charge in [-0.3, -0.25) is 0 Å². The van der Waals surface area contributed by atoms with Gasteiger partial charge in [0.15, 0.2) is 0 Å². The summed E-state index contributed by atoms with van der Waals surface area (Å²) in [5.74, 6) is -0.362. The summed E-state index contributed by atoms with van der Waals surface area (Å²) in [5, 5.41) is 8.66. The molecule has 0 radical (unpaired) electrons. The third-order valence-corrected chi connectivity index (χ3v) is 1.94. The zero-order chi connectivity index (χ0) is 10.6. The standard InChI is InChI=1S/C10H9ClO3/c1-14-8-4-2-7(3-5-8)9(11)6-10(12)13/h2-6H,1H3,(H,12,13)/b9-6-. The molecule has 14 heavy (non-hydrogen) atoms. The van der Waals surface area contributed by atoms with Crippen molar-refractivity contribution in [1.82, 2.24) is 0 Å². The molecule has 74 valence electrons. The highest BCUT2D eigenvalue weighted by Gasteiger charge is 2.00. The van der Waals surface area contributed by atoms with Crippen molar-refractivity contribution in [2.45, 2.75) is 0 Å². The largest absolute Gasteiger partial charge is 0.497 e. The SMILES string of the molecule is COc1ccc(/C(Cl)=C/C(=O)O)cc1. The van der Waals surface area contributed by atoms with Crippen LogP contribution in [0.5, 0.6) is 5.75 Å². The Morgan fingerprint density at radius 3 is 2.43 bits per heavy atom. The molecule has 0 aromatic heterocycles. The lowest BCUT2D eigenvalue weighted by Crippen LogP contribution is -1.89. The number of carboxylic acid groups (broad SMARTS) is 1. The molecule has 1 aromatic rings. The van der Waals surface area contributed by atoms with Crippen molar-refractivity contribution < 1.29 is 14.6 Å². The highest BCUT2D eigenvalue weighted by molar-refractivity contribution is 6.50. The molecule has 0 bridgehead atoms. The number of carbonyl (C=O) groups is 1. The summed E-state index contributed by atoms with van der Waals surface area (Å²) < 4.78 is 4.95. The topological polar surface area (TPSA) is 46.5 Å². The van der Waals surface area contributed by atoms with Crippen LogP contribution in [0, 0.1) is 0 Å². The number of benzene rings is 1. The van der Waals surface area contributed by atoms with E-state index in [-0.39, 0.29) is 5.03 Å². The van der Waals surface area contributed by atoms with Crippen LogP contribution in [0.15, 0.2) is 30.3 Å². The first-order chi connectivity index (χ1) is 6.63. The monoisotopic (exact) mass is 212 g/mol. The molecule has 0 aliphatic carbocycles. The molecule has 0 unspecified atom stereocenters. The number of carboxylic acids is 1. The van der Waals surface area contributed by atoms with E-state index in [2.05, 4.69) is 0 Å². The molecule has 3 nitrogen and oxygen atoms in total. The van der Waals surface area contributed by atoms with Gasteiger partial charge in [-0.05, 0) is 29.8 Å². The number of hydrogen-bond acceptors (Lipinski definition) is 2. The molecule has 0 saturated carbocycles. The zero-order valence-corrected chi connectivity index (χ0v) is 8.28. The van der Waals surface area contributed by atoms with E-state index in [0.29, 0.717) is 11.3 Å². The Hall–Kier alpha value is -1.48. The molecule has 1 N–H and O–H groups in total. The van der Waals surface area contributed by atoms with Crippen LogP contribution >= 0.6 is 11.6 Å². The Bertz CT molecular complexity index is 354. The Kier molecular flexibility index (Phi) is 3.54. The maximum atomic E-state index is 10.3. The summed E-state index contributed by atoms with van der Waals surface area (Å²) in [7, 11) is 1.56. The van der Waals surface area contributed by atoms with E-state index >= 15 is 0 Å². The second kappa shape index (κ2) is 4.67. The zero-order valence-electron chi connectivity index (χ0n) is 7.53. The van der Waals surface area contributed by atoms with Gasteiger partial charge in [-0.2, -0.15) is 0 Å². The van der Waals surface area contributed by atoms with Crippen LogP contribution < -0.4 is 4.74 Å². The fourth-order valence-corrected chi connectivity index (χ4v) is 1.16. The van der Waals surface area contributed by atoms with Crippen LogP contribution in [0.25, 0.3) is 5.03 Å². The molecular formula is C10H9ClO3. The summed E-state index contributed by atoms with van der Waals surface area (Å²) in [6.07, 6.45) is 0.948. The van der Waals surface area contributed by atoms with Gasteiger partial charge in [-0.25, -0.2) is 4.79 Å². The molecule has 1 aromatic carbocycles. The molecular weight excluding hydrogens is 204 g/mol. The maximum Gasteiger partial charge on any atom is 0.329 e. The normalized spacial score (nSPS) is 11.1. The van der Waals surface area contributed by atoms with Gasteiger partial charge >= 0.3 is 5.97 Å². The van der Waals surface area contributed by atoms with Crippen molar-refractivity contribution in [1.29, 1.82) is 0 Å². The van der Waals surface area contributed by atoms with Gasteiger partial charge in [0.1, 0.15) is 5.75 Å². The fraction of sp³-hybridized carbons (Fsp3) is 0.100. The number of hydrogen-bond donors (Lipinski definition) is 1. The van der Waals surface area contributed by atoms with Crippen LogP contribution in [-0.4, -0.2) is 18.2 Å². The maximum absolute atomic E-state index is 10.3. The number of halogens is 1. The lowest BCUT2D eigenvalue weighted by atomic mass is 10.2. The van der Waals surface area contributed by atoms with Crippen LogP contribution in [0.4, 0.5) is 0 Å². The van der Waals surface area contributed by atoms with Crippen molar-refractivity contribution in [2.24, 2.45) is 0 Å². The van der Waals surface area contributed by atoms with Gasteiger partial charge in [0.05, 0.1) is 12.1 Å². The third kappa shape index (κ3) is 2.78. The Labute approximate surface area is 86.6 Å². The molecule has 0 heterocycles. The van der Waals surface area contributed by atoms with Gasteiger partial charge in [0.2, 0.25) is 0 Å². The first-order valence-electron chi connectivity index (χ1n) is 3.88. The quantitative estimate of drug-likeness (QED) is 0.783. The summed E-state index contributed by atoms with van der Waals surface area (Å²) >= 11 is 5.74. The minimum atomic E-state index is -1.06. The van der Waals surface area contributed by atoms with Crippen molar-refractivity contribution in [3.8, 4) is 5.75 Å². The van der Waals surface area contributed by atoms with Gasteiger partial charge in [0.25, 0.3) is 0 Å². The van der Waals surface area contributed by atoms with E-state index < -0.39 is 5.97 Å². The number of methoxy groups -OCH3 is 1. The molecule has 4 heteroatoms. The number of rotatable bonds is 3. The first kappa shape index (κ1) is 10.6. The summed E-state index contributed by atoms with van der Waals surface area (Å²) in [6, 6.07) is 6.82. The molecule has 0 atom stereocenters. The lowest BCUT2D eigenvalue weighted by Gasteiger charge is -2.01. The predicted molar refractivity (Wildman–Crippen MR) is 54.5 cm³/mol. The highest BCUT2D eigenvalue weighted by Crippen LogP contribution is 2.21. The summed E-state index contributed by atoms with van der Waals surface area (Å²) in [5.41, 5.74) is 0.648. The van der Waals surface area contributed by atoms with Crippen LogP contribution in [0.3, 0.4) is 0 Å². The van der Waals surface area contributed by atoms with Gasteiger partial charge < -0.3 is 9.84 Å². The van der Waals surface area contributed by atoms with E-state index in [9.17, 15) is 4.79 Å². The molecule has 0 aliphatic rings. The van der Waals surface area contributed by atoms with Crippen molar-refractivity contribution >= 4 is 22.6 Å². The minimum Gasteiger partial charge on any atom is -0.497 e. The average molecular weight is 213 g/mol. The van der Waals surface area contributed by atoms with Gasteiger partial charge in [-0.15, -0.1) is 0 Å². The lowest BCUT2D eigenvalue weighted by molar-refractivity contribution is -0.131. The summed E-state index contributed by atoms with van der Waals surface area (Å²) in [6.45, 7) is 0. The van der Waals surface area contributed by atoms with Gasteiger partial charge in [0, 0.05) is 6.08 Å². The smallest absolute Gasteiger partial charge is 0.329 e. The number of aliphatic carboxylic acids is 1. The van der Waals surface area contributed by atoms with E-state index in [0.717, 1.165) is 6.08 Å². The molecule has 0 aliphatic heterocycles. The second-order valence-electron chi connectivity index (χ2n) is 2.56. The van der Waals surface area contributed by atoms with Gasteiger partial charge in [-0.1, -0.05) is 11.6 Å². The Morgan fingerprint density at radius 2 is 2.00 bits per heavy atom. The van der Waals surface area contributed by atoms with E-state index in [4.69, 9.17) is 21.4 Å². The first-order valence-corrected chi connectivity index (χ1v) is 4.26. The van der Waals surface area contributed by atoms with Crippen LogP contribution in [-0.2, 0) is 4.79 Å². The molecule has 1 rings (SSSR count). The second-order valence-corrected chi connectivity index (χ2v) is 2.97. The highest BCUT2D eigenvalue weighted by atomic mass is 35.5. The Balaban J connectivity index is 2.92. The molecule has 0 spiro atoms. The fourth-order valence-electron chi connectivity index (χ4n) is 0.942. The van der Waals surface area contributed by atoms with Crippen molar-refractivity contribution in [3.05, 3.63) is 35.9 Å². The summed E-state index contributed by atoms with van der Waals surface area (Å²) in [4.78, 5) is 10.3. The third-order valence-electron chi connectivity index (χ3n) is 1.62. The average Bonchev–Trinajstić information content (AvgIpc) is 2.17.